The summed E-state index contributed by atoms with van der Waals surface area (Å²) in [4.78, 5) is 12.4. The number of sulfonamides is 1. The molecule has 9 heteroatoms. The van der Waals surface area contributed by atoms with Crippen molar-refractivity contribution in [2.24, 2.45) is 0 Å². The summed E-state index contributed by atoms with van der Waals surface area (Å²) in [6.07, 6.45) is 0. The number of rotatable bonds is 4. The first kappa shape index (κ1) is 18.5. The smallest absolute Gasteiger partial charge is 0.257 e. The summed E-state index contributed by atoms with van der Waals surface area (Å²) in [5.41, 5.74) is 0.0887. The Morgan fingerprint density at radius 2 is 1.88 bits per heavy atom. The molecule has 0 unspecified atom stereocenters. The first-order valence-electron chi connectivity index (χ1n) is 7.20. The number of hydrogen-bond acceptors (Lipinski definition) is 6. The lowest BCUT2D eigenvalue weighted by Gasteiger charge is -2.12. The molecule has 1 aromatic heterocycles. The van der Waals surface area contributed by atoms with Gasteiger partial charge in [-0.1, -0.05) is 38.2 Å². The van der Waals surface area contributed by atoms with Crippen LogP contribution >= 0.6 is 11.3 Å². The number of carbonyl (C=O) groups is 1. The van der Waals surface area contributed by atoms with Crippen molar-refractivity contribution in [3.05, 3.63) is 34.8 Å². The summed E-state index contributed by atoms with van der Waals surface area (Å²) in [5.74, 6) is -0.428. The van der Waals surface area contributed by atoms with Crippen LogP contribution in [0.4, 0.5) is 5.13 Å². The van der Waals surface area contributed by atoms with Crippen LogP contribution in [-0.2, 0) is 15.4 Å². The van der Waals surface area contributed by atoms with Crippen molar-refractivity contribution in [3.63, 3.8) is 0 Å². The Morgan fingerprint density at radius 1 is 1.21 bits per heavy atom. The summed E-state index contributed by atoms with van der Waals surface area (Å²) in [6, 6.07) is 5.88. The van der Waals surface area contributed by atoms with Crippen LogP contribution in [0.5, 0.6) is 0 Å². The molecule has 1 heterocycles. The van der Waals surface area contributed by atoms with Crippen LogP contribution in [0, 0.1) is 0 Å². The molecule has 0 saturated carbocycles. The summed E-state index contributed by atoms with van der Waals surface area (Å²) >= 11 is 1.30. The van der Waals surface area contributed by atoms with E-state index in [1.807, 2.05) is 20.8 Å². The largest absolute Gasteiger partial charge is 0.296 e. The first-order chi connectivity index (χ1) is 11.0. The van der Waals surface area contributed by atoms with Gasteiger partial charge in [0.05, 0.1) is 4.90 Å². The molecule has 0 saturated heterocycles. The number of benzene rings is 1. The maximum Gasteiger partial charge on any atom is 0.257 e. The fourth-order valence-corrected chi connectivity index (χ4v) is 3.50. The van der Waals surface area contributed by atoms with E-state index >= 15 is 0 Å². The maximum absolute atomic E-state index is 12.3. The van der Waals surface area contributed by atoms with E-state index in [1.54, 1.807) is 6.07 Å². The highest BCUT2D eigenvalue weighted by atomic mass is 32.2. The molecule has 0 fully saturated rings. The van der Waals surface area contributed by atoms with Crippen LogP contribution < -0.4 is 5.32 Å². The van der Waals surface area contributed by atoms with Crippen molar-refractivity contribution in [2.75, 3.05) is 19.4 Å². The third-order valence-electron chi connectivity index (χ3n) is 3.16. The van der Waals surface area contributed by atoms with E-state index in [0.29, 0.717) is 5.13 Å². The van der Waals surface area contributed by atoms with Gasteiger partial charge >= 0.3 is 0 Å². The van der Waals surface area contributed by atoms with E-state index in [0.717, 1.165) is 9.31 Å². The highest BCUT2D eigenvalue weighted by molar-refractivity contribution is 7.89. The summed E-state index contributed by atoms with van der Waals surface area (Å²) in [5, 5.41) is 11.9. The van der Waals surface area contributed by atoms with E-state index in [2.05, 4.69) is 15.5 Å². The Balaban J connectivity index is 2.24. The second-order valence-corrected chi connectivity index (χ2v) is 9.56. The van der Waals surface area contributed by atoms with Gasteiger partial charge < -0.3 is 0 Å². The fraction of sp³-hybridized carbons (Fsp3) is 0.400. The molecule has 1 aromatic carbocycles. The standard InChI is InChI=1S/C15H20N4O3S2/c1-15(2,3)13-17-18-14(23-13)16-12(20)10-7-6-8-11(9-10)24(21,22)19(4)5/h6-9H,1-5H3,(H,16,18,20). The van der Waals surface area contributed by atoms with Gasteiger partial charge in [0.2, 0.25) is 15.2 Å². The third-order valence-corrected chi connectivity index (χ3v) is 6.24. The molecular weight excluding hydrogens is 348 g/mol. The number of amides is 1. The first-order valence-corrected chi connectivity index (χ1v) is 9.45. The van der Waals surface area contributed by atoms with Gasteiger partial charge in [0.1, 0.15) is 5.01 Å². The molecule has 0 radical (unpaired) electrons. The predicted octanol–water partition coefficient (Wildman–Crippen LogP) is 2.34. The Bertz CT molecular complexity index is 852. The van der Waals surface area contributed by atoms with Gasteiger partial charge in [0.15, 0.2) is 0 Å². The van der Waals surface area contributed by atoms with Gasteiger partial charge in [-0.2, -0.15) is 0 Å². The average molecular weight is 368 g/mol. The van der Waals surface area contributed by atoms with Gasteiger partial charge in [0.25, 0.3) is 5.91 Å². The Hall–Kier alpha value is -1.84. The van der Waals surface area contributed by atoms with Gasteiger partial charge in [-0.3, -0.25) is 10.1 Å². The van der Waals surface area contributed by atoms with Crippen LogP contribution in [0.25, 0.3) is 0 Å². The number of aromatic nitrogens is 2. The monoisotopic (exact) mass is 368 g/mol. The Morgan fingerprint density at radius 3 is 2.42 bits per heavy atom. The van der Waals surface area contributed by atoms with Gasteiger partial charge in [0, 0.05) is 25.1 Å². The second kappa shape index (κ2) is 6.58. The predicted molar refractivity (Wildman–Crippen MR) is 93.9 cm³/mol. The quantitative estimate of drug-likeness (QED) is 0.894. The Kier molecular flexibility index (Phi) is 5.07. The van der Waals surface area contributed by atoms with E-state index < -0.39 is 15.9 Å². The normalized spacial score (nSPS) is 12.4. The molecule has 0 aliphatic rings. The number of nitrogens with zero attached hydrogens (tertiary/aromatic N) is 3. The van der Waals surface area contributed by atoms with Crippen LogP contribution in [0.15, 0.2) is 29.2 Å². The van der Waals surface area contributed by atoms with Gasteiger partial charge in [-0.15, -0.1) is 10.2 Å². The Labute approximate surface area is 145 Å². The molecule has 0 spiro atoms. The van der Waals surface area contributed by atoms with Crippen molar-refractivity contribution >= 4 is 32.4 Å². The highest BCUT2D eigenvalue weighted by Crippen LogP contribution is 2.28. The minimum atomic E-state index is -3.59. The topological polar surface area (TPSA) is 92.3 Å². The van der Waals surface area contributed by atoms with Crippen LogP contribution in [0.1, 0.15) is 36.1 Å². The lowest BCUT2D eigenvalue weighted by Crippen LogP contribution is -2.22. The number of anilines is 1. The van der Waals surface area contributed by atoms with Crippen LogP contribution in [0.3, 0.4) is 0 Å². The molecular formula is C15H20N4O3S2. The lowest BCUT2D eigenvalue weighted by atomic mass is 9.98. The molecule has 1 amide bonds. The molecule has 0 aliphatic heterocycles. The summed E-state index contributed by atoms with van der Waals surface area (Å²) in [7, 11) is -0.709. The molecule has 0 aliphatic carbocycles. The average Bonchev–Trinajstić information content (AvgIpc) is 2.96. The number of hydrogen-bond donors (Lipinski definition) is 1. The van der Waals surface area contributed by atoms with Gasteiger partial charge in [-0.05, 0) is 18.2 Å². The second-order valence-electron chi connectivity index (χ2n) is 6.43. The van der Waals surface area contributed by atoms with Crippen LogP contribution in [0.2, 0.25) is 0 Å². The summed E-state index contributed by atoms with van der Waals surface area (Å²) in [6.45, 7) is 6.03. The molecule has 0 atom stereocenters. The van der Waals surface area contributed by atoms with E-state index in [9.17, 15) is 13.2 Å². The lowest BCUT2D eigenvalue weighted by molar-refractivity contribution is 0.102. The zero-order valence-electron chi connectivity index (χ0n) is 14.2. The zero-order chi connectivity index (χ0) is 18.1. The molecule has 0 bridgehead atoms. The van der Waals surface area contributed by atoms with Crippen molar-refractivity contribution in [1.82, 2.24) is 14.5 Å². The molecule has 24 heavy (non-hydrogen) atoms. The van der Waals surface area contributed by atoms with Crippen molar-refractivity contribution in [3.8, 4) is 0 Å². The molecule has 1 N–H and O–H groups in total. The number of nitrogens with one attached hydrogen (secondary N) is 1. The maximum atomic E-state index is 12.3. The van der Waals surface area contributed by atoms with E-state index in [4.69, 9.17) is 0 Å². The van der Waals surface area contributed by atoms with Crippen LogP contribution in [-0.4, -0.2) is 42.9 Å². The molecule has 130 valence electrons. The van der Waals surface area contributed by atoms with Crippen molar-refractivity contribution in [2.45, 2.75) is 31.1 Å². The van der Waals surface area contributed by atoms with E-state index in [1.165, 1.54) is 43.6 Å². The molecule has 2 aromatic rings. The third kappa shape index (κ3) is 3.97. The molecule has 2 rings (SSSR count). The van der Waals surface area contributed by atoms with Crippen molar-refractivity contribution in [1.29, 1.82) is 0 Å². The summed E-state index contributed by atoms with van der Waals surface area (Å²) < 4.78 is 25.4. The fourth-order valence-electron chi connectivity index (χ4n) is 1.75. The number of carbonyl (C=O) groups excluding carboxylic acids is 1. The van der Waals surface area contributed by atoms with Gasteiger partial charge in [-0.25, -0.2) is 12.7 Å². The minimum Gasteiger partial charge on any atom is -0.296 e. The molecule has 7 nitrogen and oxygen atoms in total. The van der Waals surface area contributed by atoms with E-state index in [-0.39, 0.29) is 15.9 Å². The van der Waals surface area contributed by atoms with Crippen molar-refractivity contribution < 1.29 is 13.2 Å². The highest BCUT2D eigenvalue weighted by Gasteiger charge is 2.21. The SMILES string of the molecule is CN(C)S(=O)(=O)c1cccc(C(=O)Nc2nnc(C(C)(C)C)s2)c1. The zero-order valence-corrected chi connectivity index (χ0v) is 15.8. The minimum absolute atomic E-state index is 0.0628.